The lowest BCUT2D eigenvalue weighted by molar-refractivity contribution is -0.135. The van der Waals surface area contributed by atoms with Crippen LogP contribution in [0.25, 0.3) is 0 Å². The van der Waals surface area contributed by atoms with Crippen molar-refractivity contribution in [3.05, 3.63) is 12.4 Å². The Hall–Kier alpha value is -1.20. The Balaban J connectivity index is 2.00. The van der Waals surface area contributed by atoms with E-state index in [1.165, 1.54) is 0 Å². The van der Waals surface area contributed by atoms with Crippen LogP contribution in [0.1, 0.15) is 19.3 Å². The molecular formula is C8H12F3N3. The van der Waals surface area contributed by atoms with Crippen LogP contribution in [0.15, 0.2) is 12.4 Å². The molecule has 0 aliphatic heterocycles. The van der Waals surface area contributed by atoms with Gasteiger partial charge in [0.2, 0.25) is 0 Å². The van der Waals surface area contributed by atoms with Crippen LogP contribution in [0.3, 0.4) is 0 Å². The first-order valence-corrected chi connectivity index (χ1v) is 4.38. The fourth-order valence-corrected chi connectivity index (χ4v) is 1.02. The van der Waals surface area contributed by atoms with Crippen LogP contribution < -0.4 is 5.32 Å². The van der Waals surface area contributed by atoms with E-state index in [1.807, 2.05) is 0 Å². The Morgan fingerprint density at radius 1 is 1.36 bits per heavy atom. The van der Waals surface area contributed by atoms with Crippen molar-refractivity contribution in [1.29, 1.82) is 0 Å². The third-order valence-corrected chi connectivity index (χ3v) is 1.68. The number of alkyl halides is 3. The third-order valence-electron chi connectivity index (χ3n) is 1.68. The summed E-state index contributed by atoms with van der Waals surface area (Å²) in [5.41, 5.74) is 0. The molecule has 0 aliphatic rings. The number of halogens is 3. The second-order valence-corrected chi connectivity index (χ2v) is 2.94. The number of aromatic amines is 1. The maximum Gasteiger partial charge on any atom is 0.389 e. The fraction of sp³-hybridized carbons (Fsp3) is 0.625. The summed E-state index contributed by atoms with van der Waals surface area (Å²) in [4.78, 5) is 6.67. The van der Waals surface area contributed by atoms with Gasteiger partial charge in [0.1, 0.15) is 0 Å². The lowest BCUT2D eigenvalue weighted by Crippen LogP contribution is -2.09. The minimum atomic E-state index is -4.04. The number of hydrogen-bond donors (Lipinski definition) is 2. The minimum Gasteiger partial charge on any atom is -0.356 e. The lowest BCUT2D eigenvalue weighted by atomic mass is 10.2. The molecule has 1 rings (SSSR count). The summed E-state index contributed by atoms with van der Waals surface area (Å²) in [7, 11) is 0. The molecule has 0 atom stereocenters. The molecular weight excluding hydrogens is 195 g/mol. The van der Waals surface area contributed by atoms with Crippen LogP contribution >= 0.6 is 0 Å². The van der Waals surface area contributed by atoms with Crippen molar-refractivity contribution in [2.75, 3.05) is 11.9 Å². The van der Waals surface area contributed by atoms with Gasteiger partial charge in [-0.2, -0.15) is 13.2 Å². The summed E-state index contributed by atoms with van der Waals surface area (Å²) >= 11 is 0. The average molecular weight is 207 g/mol. The van der Waals surface area contributed by atoms with E-state index in [0.717, 1.165) is 0 Å². The van der Waals surface area contributed by atoms with Gasteiger partial charge in [-0.1, -0.05) is 0 Å². The summed E-state index contributed by atoms with van der Waals surface area (Å²) in [6, 6.07) is 0. The second kappa shape index (κ2) is 4.88. The van der Waals surface area contributed by atoms with Crippen LogP contribution in [0.4, 0.5) is 19.1 Å². The Morgan fingerprint density at radius 3 is 2.71 bits per heavy atom. The first-order valence-electron chi connectivity index (χ1n) is 4.38. The van der Waals surface area contributed by atoms with Crippen molar-refractivity contribution in [3.63, 3.8) is 0 Å². The molecule has 0 radical (unpaired) electrons. The molecule has 3 nitrogen and oxygen atoms in total. The van der Waals surface area contributed by atoms with Gasteiger partial charge in [-0.15, -0.1) is 0 Å². The topological polar surface area (TPSA) is 40.7 Å². The molecule has 0 unspecified atom stereocenters. The molecule has 1 aromatic heterocycles. The van der Waals surface area contributed by atoms with Crippen molar-refractivity contribution in [2.24, 2.45) is 0 Å². The van der Waals surface area contributed by atoms with E-state index in [9.17, 15) is 13.2 Å². The highest BCUT2D eigenvalue weighted by Gasteiger charge is 2.25. The van der Waals surface area contributed by atoms with Gasteiger partial charge in [0.05, 0.1) is 0 Å². The predicted molar refractivity (Wildman–Crippen MR) is 47.0 cm³/mol. The van der Waals surface area contributed by atoms with Gasteiger partial charge in [-0.3, -0.25) is 0 Å². The Labute approximate surface area is 79.7 Å². The number of imidazole rings is 1. The maximum atomic E-state index is 11.7. The van der Waals surface area contributed by atoms with E-state index in [4.69, 9.17) is 0 Å². The highest BCUT2D eigenvalue weighted by Crippen LogP contribution is 2.21. The highest BCUT2D eigenvalue weighted by atomic mass is 19.4. The van der Waals surface area contributed by atoms with Gasteiger partial charge < -0.3 is 10.3 Å². The van der Waals surface area contributed by atoms with E-state index in [-0.39, 0.29) is 6.42 Å². The average Bonchev–Trinajstić information content (AvgIpc) is 2.54. The van der Waals surface area contributed by atoms with Crippen molar-refractivity contribution in [1.82, 2.24) is 9.97 Å². The number of anilines is 1. The largest absolute Gasteiger partial charge is 0.389 e. The van der Waals surface area contributed by atoms with Crippen molar-refractivity contribution >= 4 is 5.95 Å². The molecule has 14 heavy (non-hydrogen) atoms. The van der Waals surface area contributed by atoms with E-state index in [1.54, 1.807) is 12.4 Å². The first kappa shape index (κ1) is 10.9. The summed E-state index contributed by atoms with van der Waals surface area (Å²) < 4.78 is 35.2. The van der Waals surface area contributed by atoms with E-state index in [0.29, 0.717) is 18.9 Å². The number of aromatic nitrogens is 2. The molecule has 0 aromatic carbocycles. The molecule has 0 saturated heterocycles. The number of nitrogens with zero attached hydrogens (tertiary/aromatic N) is 1. The minimum absolute atomic E-state index is 0.150. The van der Waals surface area contributed by atoms with Gasteiger partial charge in [0.15, 0.2) is 5.95 Å². The van der Waals surface area contributed by atoms with Gasteiger partial charge in [-0.05, 0) is 12.8 Å². The summed E-state index contributed by atoms with van der Waals surface area (Å²) in [6.45, 7) is 0.504. The number of nitrogens with one attached hydrogen (secondary N) is 2. The Morgan fingerprint density at radius 2 is 2.14 bits per heavy atom. The number of rotatable bonds is 5. The van der Waals surface area contributed by atoms with Crippen molar-refractivity contribution in [3.8, 4) is 0 Å². The van der Waals surface area contributed by atoms with Gasteiger partial charge in [0, 0.05) is 25.4 Å². The van der Waals surface area contributed by atoms with Crippen LogP contribution in [0.2, 0.25) is 0 Å². The standard InChI is InChI=1S/C8H12F3N3/c9-8(10,11)3-1-2-4-12-7-13-5-6-14-7/h5-6H,1-4H2,(H2,12,13,14). The maximum absolute atomic E-state index is 11.7. The SMILES string of the molecule is FC(F)(F)CCCCNc1ncc[nH]1. The number of unbranched alkanes of at least 4 members (excludes halogenated alkanes) is 1. The first-order chi connectivity index (χ1) is 6.58. The van der Waals surface area contributed by atoms with Gasteiger partial charge in [0.25, 0.3) is 0 Å². The zero-order valence-electron chi connectivity index (χ0n) is 7.56. The zero-order valence-corrected chi connectivity index (χ0v) is 7.56. The summed E-state index contributed by atoms with van der Waals surface area (Å²) in [6.07, 6.45) is -0.884. The molecule has 0 spiro atoms. The van der Waals surface area contributed by atoms with E-state index >= 15 is 0 Å². The Kier molecular flexibility index (Phi) is 3.79. The molecule has 0 saturated carbocycles. The quantitative estimate of drug-likeness (QED) is 0.728. The zero-order chi connectivity index (χ0) is 10.4. The van der Waals surface area contributed by atoms with Crippen LogP contribution in [0.5, 0.6) is 0 Å². The predicted octanol–water partition coefficient (Wildman–Crippen LogP) is 2.55. The second-order valence-electron chi connectivity index (χ2n) is 2.94. The van der Waals surface area contributed by atoms with E-state index in [2.05, 4.69) is 15.3 Å². The van der Waals surface area contributed by atoms with Crippen molar-refractivity contribution in [2.45, 2.75) is 25.4 Å². The van der Waals surface area contributed by atoms with Gasteiger partial charge >= 0.3 is 6.18 Å². The van der Waals surface area contributed by atoms with E-state index < -0.39 is 12.6 Å². The lowest BCUT2D eigenvalue weighted by Gasteiger charge is -2.05. The van der Waals surface area contributed by atoms with Crippen molar-refractivity contribution < 1.29 is 13.2 Å². The highest BCUT2D eigenvalue weighted by molar-refractivity contribution is 5.22. The molecule has 6 heteroatoms. The smallest absolute Gasteiger partial charge is 0.356 e. The monoisotopic (exact) mass is 207 g/mol. The molecule has 0 fully saturated rings. The number of hydrogen-bond acceptors (Lipinski definition) is 2. The molecule has 0 amide bonds. The summed E-state index contributed by atoms with van der Waals surface area (Å²) in [5.74, 6) is 0.594. The fourth-order valence-electron chi connectivity index (χ4n) is 1.02. The number of H-pyrrole nitrogens is 1. The molecule has 0 aliphatic carbocycles. The van der Waals surface area contributed by atoms with Crippen LogP contribution in [0, 0.1) is 0 Å². The molecule has 0 bridgehead atoms. The Bertz CT molecular complexity index is 243. The normalized spacial score (nSPS) is 11.6. The molecule has 80 valence electrons. The molecule has 1 aromatic rings. The van der Waals surface area contributed by atoms with Crippen LogP contribution in [-0.4, -0.2) is 22.7 Å². The van der Waals surface area contributed by atoms with Gasteiger partial charge in [-0.25, -0.2) is 4.98 Å². The molecule has 2 N–H and O–H groups in total. The summed E-state index contributed by atoms with van der Waals surface area (Å²) in [5, 5.41) is 2.88. The third kappa shape index (κ3) is 4.74. The van der Waals surface area contributed by atoms with Crippen LogP contribution in [-0.2, 0) is 0 Å². The molecule has 1 heterocycles.